The van der Waals surface area contributed by atoms with E-state index in [0.717, 1.165) is 39.4 Å². The number of aryl methyl sites for hydroxylation is 3. The van der Waals surface area contributed by atoms with Crippen LogP contribution in [0.5, 0.6) is 5.75 Å². The second-order valence-corrected chi connectivity index (χ2v) is 5.30. The van der Waals surface area contributed by atoms with Crippen LogP contribution in [0.3, 0.4) is 0 Å². The minimum atomic E-state index is 0.726. The normalized spacial score (nSPS) is 10.6. The third-order valence-electron chi connectivity index (χ3n) is 3.12. The summed E-state index contributed by atoms with van der Waals surface area (Å²) in [6.45, 7) is 4.75. The van der Waals surface area contributed by atoms with Gasteiger partial charge in [0.05, 0.1) is 29.5 Å². The molecule has 4 nitrogen and oxygen atoms in total. The highest BCUT2D eigenvalue weighted by atomic mass is 79.9. The molecule has 0 bridgehead atoms. The van der Waals surface area contributed by atoms with Crippen molar-refractivity contribution in [3.8, 4) is 5.75 Å². The van der Waals surface area contributed by atoms with Gasteiger partial charge in [0, 0.05) is 12.7 Å². The fourth-order valence-corrected chi connectivity index (χ4v) is 2.52. The SMILES string of the molecule is COc1ccc(NCc2c(Br)c(C)nn2C)cc1C. The molecule has 0 aliphatic heterocycles. The molecule has 0 aliphatic carbocycles. The van der Waals surface area contributed by atoms with Gasteiger partial charge in [-0.15, -0.1) is 0 Å². The summed E-state index contributed by atoms with van der Waals surface area (Å²) >= 11 is 3.57. The van der Waals surface area contributed by atoms with E-state index in [-0.39, 0.29) is 0 Å². The molecule has 0 saturated carbocycles. The van der Waals surface area contributed by atoms with Crippen molar-refractivity contribution in [2.75, 3.05) is 12.4 Å². The Bertz CT molecular complexity index is 593. The van der Waals surface area contributed by atoms with E-state index in [2.05, 4.69) is 32.4 Å². The summed E-state index contributed by atoms with van der Waals surface area (Å²) in [6.07, 6.45) is 0. The number of rotatable bonds is 4. The molecule has 0 atom stereocenters. The highest BCUT2D eigenvalue weighted by Gasteiger charge is 2.10. The molecule has 102 valence electrons. The zero-order valence-corrected chi connectivity index (χ0v) is 13.2. The Morgan fingerprint density at radius 2 is 2.11 bits per heavy atom. The molecule has 2 aromatic rings. The maximum Gasteiger partial charge on any atom is 0.121 e. The zero-order valence-electron chi connectivity index (χ0n) is 11.6. The van der Waals surface area contributed by atoms with Crippen LogP contribution in [0.25, 0.3) is 0 Å². The van der Waals surface area contributed by atoms with Crippen molar-refractivity contribution in [2.45, 2.75) is 20.4 Å². The molecule has 1 heterocycles. The van der Waals surface area contributed by atoms with Crippen LogP contribution >= 0.6 is 15.9 Å². The van der Waals surface area contributed by atoms with Gasteiger partial charge in [-0.25, -0.2) is 0 Å². The molecule has 1 N–H and O–H groups in total. The van der Waals surface area contributed by atoms with Crippen LogP contribution in [0, 0.1) is 13.8 Å². The lowest BCUT2D eigenvalue weighted by molar-refractivity contribution is 0.412. The predicted molar refractivity (Wildman–Crippen MR) is 80.7 cm³/mol. The second kappa shape index (κ2) is 5.65. The van der Waals surface area contributed by atoms with Crippen LogP contribution in [-0.2, 0) is 13.6 Å². The summed E-state index contributed by atoms with van der Waals surface area (Å²) in [6, 6.07) is 6.07. The first-order valence-corrected chi connectivity index (χ1v) is 6.88. The van der Waals surface area contributed by atoms with E-state index in [9.17, 15) is 0 Å². The molecule has 0 fully saturated rings. The number of methoxy groups -OCH3 is 1. The Kier molecular flexibility index (Phi) is 4.14. The van der Waals surface area contributed by atoms with Gasteiger partial charge in [0.2, 0.25) is 0 Å². The van der Waals surface area contributed by atoms with Crippen molar-refractivity contribution in [3.05, 3.63) is 39.6 Å². The lowest BCUT2D eigenvalue weighted by Crippen LogP contribution is -2.06. The first-order valence-electron chi connectivity index (χ1n) is 6.09. The molecule has 1 aromatic heterocycles. The van der Waals surface area contributed by atoms with E-state index in [0.29, 0.717) is 0 Å². The smallest absolute Gasteiger partial charge is 0.121 e. The third kappa shape index (κ3) is 2.92. The second-order valence-electron chi connectivity index (χ2n) is 4.51. The molecule has 0 aliphatic rings. The molecule has 5 heteroatoms. The van der Waals surface area contributed by atoms with Gasteiger partial charge in [-0.1, -0.05) is 0 Å². The van der Waals surface area contributed by atoms with Gasteiger partial charge in [0.1, 0.15) is 5.75 Å². The largest absolute Gasteiger partial charge is 0.496 e. The predicted octanol–water partition coefficient (Wildman–Crippen LogP) is 3.42. The molecule has 0 radical (unpaired) electrons. The lowest BCUT2D eigenvalue weighted by Gasteiger charge is -2.10. The van der Waals surface area contributed by atoms with Crippen LogP contribution < -0.4 is 10.1 Å². The van der Waals surface area contributed by atoms with Crippen molar-refractivity contribution in [1.29, 1.82) is 0 Å². The van der Waals surface area contributed by atoms with Crippen molar-refractivity contribution >= 4 is 21.6 Å². The Balaban J connectivity index is 2.12. The quantitative estimate of drug-likeness (QED) is 0.937. The van der Waals surface area contributed by atoms with Gasteiger partial charge in [-0.05, 0) is 53.5 Å². The van der Waals surface area contributed by atoms with E-state index in [1.165, 1.54) is 0 Å². The molecule has 0 spiro atoms. The maximum absolute atomic E-state index is 5.25. The van der Waals surface area contributed by atoms with Crippen LogP contribution in [0.4, 0.5) is 5.69 Å². The number of aromatic nitrogens is 2. The van der Waals surface area contributed by atoms with Gasteiger partial charge in [-0.3, -0.25) is 4.68 Å². The molecule has 2 rings (SSSR count). The maximum atomic E-state index is 5.25. The Labute approximate surface area is 121 Å². The summed E-state index contributed by atoms with van der Waals surface area (Å²) in [4.78, 5) is 0. The number of hydrogen-bond donors (Lipinski definition) is 1. The van der Waals surface area contributed by atoms with Crippen molar-refractivity contribution < 1.29 is 4.74 Å². The van der Waals surface area contributed by atoms with Gasteiger partial charge >= 0.3 is 0 Å². The fraction of sp³-hybridized carbons (Fsp3) is 0.357. The number of nitrogens with zero attached hydrogens (tertiary/aromatic N) is 2. The van der Waals surface area contributed by atoms with Crippen molar-refractivity contribution in [3.63, 3.8) is 0 Å². The summed E-state index contributed by atoms with van der Waals surface area (Å²) in [5, 5.41) is 7.78. The first-order chi connectivity index (χ1) is 9.02. The molecule has 0 unspecified atom stereocenters. The number of halogens is 1. The summed E-state index contributed by atoms with van der Waals surface area (Å²) in [7, 11) is 3.64. The monoisotopic (exact) mass is 323 g/mol. The number of ether oxygens (including phenoxy) is 1. The van der Waals surface area contributed by atoms with E-state index in [1.807, 2.05) is 37.7 Å². The highest BCUT2D eigenvalue weighted by molar-refractivity contribution is 9.10. The topological polar surface area (TPSA) is 39.1 Å². The van der Waals surface area contributed by atoms with E-state index < -0.39 is 0 Å². The number of hydrogen-bond acceptors (Lipinski definition) is 3. The summed E-state index contributed by atoms with van der Waals surface area (Å²) < 4.78 is 8.21. The van der Waals surface area contributed by atoms with Crippen LogP contribution in [0.1, 0.15) is 17.0 Å². The third-order valence-corrected chi connectivity index (χ3v) is 4.15. The number of anilines is 1. The van der Waals surface area contributed by atoms with Gasteiger partial charge < -0.3 is 10.1 Å². The Hall–Kier alpha value is -1.49. The number of benzene rings is 1. The molecular formula is C14H18BrN3O. The van der Waals surface area contributed by atoms with Crippen molar-refractivity contribution in [2.24, 2.45) is 7.05 Å². The molecule has 1 aromatic carbocycles. The zero-order chi connectivity index (χ0) is 14.0. The average molecular weight is 324 g/mol. The summed E-state index contributed by atoms with van der Waals surface area (Å²) in [5.74, 6) is 0.906. The molecule has 19 heavy (non-hydrogen) atoms. The highest BCUT2D eigenvalue weighted by Crippen LogP contribution is 2.24. The molecular weight excluding hydrogens is 306 g/mol. The summed E-state index contributed by atoms with van der Waals surface area (Å²) in [5.41, 5.74) is 4.33. The average Bonchev–Trinajstić information content (AvgIpc) is 2.61. The van der Waals surface area contributed by atoms with Crippen LogP contribution in [0.2, 0.25) is 0 Å². The Morgan fingerprint density at radius 3 is 2.63 bits per heavy atom. The van der Waals surface area contributed by atoms with E-state index in [4.69, 9.17) is 4.74 Å². The fourth-order valence-electron chi connectivity index (χ4n) is 2.05. The number of nitrogens with one attached hydrogen (secondary N) is 1. The van der Waals surface area contributed by atoms with E-state index >= 15 is 0 Å². The molecule has 0 saturated heterocycles. The van der Waals surface area contributed by atoms with Gasteiger partial charge in [-0.2, -0.15) is 5.10 Å². The van der Waals surface area contributed by atoms with E-state index in [1.54, 1.807) is 7.11 Å². The van der Waals surface area contributed by atoms with Crippen LogP contribution in [0.15, 0.2) is 22.7 Å². The first kappa shape index (κ1) is 13.9. The molecule has 0 amide bonds. The lowest BCUT2D eigenvalue weighted by atomic mass is 10.2. The minimum Gasteiger partial charge on any atom is -0.496 e. The Morgan fingerprint density at radius 1 is 1.37 bits per heavy atom. The van der Waals surface area contributed by atoms with Crippen LogP contribution in [-0.4, -0.2) is 16.9 Å². The van der Waals surface area contributed by atoms with Gasteiger partial charge in [0.25, 0.3) is 0 Å². The van der Waals surface area contributed by atoms with Crippen molar-refractivity contribution in [1.82, 2.24) is 9.78 Å². The minimum absolute atomic E-state index is 0.726. The van der Waals surface area contributed by atoms with Gasteiger partial charge in [0.15, 0.2) is 0 Å². The standard InChI is InChI=1S/C14H18BrN3O/c1-9-7-11(5-6-13(9)19-4)16-8-12-14(15)10(2)17-18(12)3/h5-7,16H,8H2,1-4H3.